The number of alkyl carbamates (subject to hydrolysis) is 1. The van der Waals surface area contributed by atoms with Gasteiger partial charge < -0.3 is 15.2 Å². The van der Waals surface area contributed by atoms with Crippen LogP contribution < -0.4 is 5.32 Å². The summed E-state index contributed by atoms with van der Waals surface area (Å²) in [7, 11) is 0. The molecule has 0 aromatic heterocycles. The minimum absolute atomic E-state index is 0.0133. The van der Waals surface area contributed by atoms with E-state index in [0.29, 0.717) is 10.6 Å². The molecule has 142 valence electrons. The number of ether oxygens (including phenoxy) is 1. The van der Waals surface area contributed by atoms with E-state index in [9.17, 15) is 9.90 Å². The molecule has 5 heteroatoms. The molecule has 0 radical (unpaired) electrons. The molecule has 0 heterocycles. The van der Waals surface area contributed by atoms with Gasteiger partial charge in [0.15, 0.2) is 0 Å². The first kappa shape index (κ1) is 18.5. The third-order valence-corrected chi connectivity index (χ3v) is 5.29. The summed E-state index contributed by atoms with van der Waals surface area (Å²) in [6.07, 6.45) is -1.37. The second kappa shape index (κ2) is 8.05. The molecule has 0 saturated heterocycles. The van der Waals surface area contributed by atoms with Crippen molar-refractivity contribution in [3.05, 3.63) is 94.5 Å². The first-order valence-corrected chi connectivity index (χ1v) is 9.53. The molecule has 4 rings (SSSR count). The number of fused-ring (bicyclic) bond motifs is 3. The van der Waals surface area contributed by atoms with E-state index in [2.05, 4.69) is 29.6 Å². The monoisotopic (exact) mass is 393 g/mol. The number of amides is 1. The molecule has 3 aromatic rings. The zero-order chi connectivity index (χ0) is 19.5. The molecule has 0 aliphatic heterocycles. The number of nitrogens with one attached hydrogen (secondary N) is 1. The van der Waals surface area contributed by atoms with E-state index in [1.807, 2.05) is 24.3 Å². The topological polar surface area (TPSA) is 58.6 Å². The van der Waals surface area contributed by atoms with Crippen molar-refractivity contribution >= 4 is 17.7 Å². The van der Waals surface area contributed by atoms with Crippen LogP contribution >= 0.6 is 11.6 Å². The summed E-state index contributed by atoms with van der Waals surface area (Å²) in [5.41, 5.74) is 5.38. The highest BCUT2D eigenvalue weighted by molar-refractivity contribution is 6.30. The van der Waals surface area contributed by atoms with Crippen molar-refractivity contribution in [2.45, 2.75) is 12.0 Å². The highest BCUT2D eigenvalue weighted by Crippen LogP contribution is 2.44. The Hall–Kier alpha value is -2.82. The van der Waals surface area contributed by atoms with Crippen molar-refractivity contribution in [3.63, 3.8) is 0 Å². The molecule has 1 amide bonds. The lowest BCUT2D eigenvalue weighted by atomic mass is 9.98. The largest absolute Gasteiger partial charge is 0.449 e. The van der Waals surface area contributed by atoms with Crippen LogP contribution in [0.5, 0.6) is 0 Å². The Labute approximate surface area is 168 Å². The molecule has 3 aromatic carbocycles. The van der Waals surface area contributed by atoms with E-state index >= 15 is 0 Å². The van der Waals surface area contributed by atoms with Crippen molar-refractivity contribution in [1.82, 2.24) is 5.32 Å². The Bertz CT molecular complexity index is 942. The van der Waals surface area contributed by atoms with Crippen molar-refractivity contribution in [1.29, 1.82) is 0 Å². The molecular formula is C23H20ClNO3. The van der Waals surface area contributed by atoms with E-state index in [1.165, 1.54) is 11.1 Å². The van der Waals surface area contributed by atoms with Crippen molar-refractivity contribution in [3.8, 4) is 11.1 Å². The highest BCUT2D eigenvalue weighted by atomic mass is 35.5. The lowest BCUT2D eigenvalue weighted by molar-refractivity contribution is 0.128. The maximum Gasteiger partial charge on any atom is 0.407 e. The van der Waals surface area contributed by atoms with Gasteiger partial charge in [0.1, 0.15) is 6.61 Å². The summed E-state index contributed by atoms with van der Waals surface area (Å²) in [6.45, 7) is 0.315. The van der Waals surface area contributed by atoms with E-state index in [4.69, 9.17) is 16.3 Å². The third kappa shape index (κ3) is 3.75. The predicted octanol–water partition coefficient (Wildman–Crippen LogP) is 4.91. The molecule has 1 aliphatic rings. The number of halogens is 1. The van der Waals surface area contributed by atoms with E-state index in [-0.39, 0.29) is 19.1 Å². The summed E-state index contributed by atoms with van der Waals surface area (Å²) in [6, 6.07) is 23.2. The van der Waals surface area contributed by atoms with Gasteiger partial charge in [0, 0.05) is 10.9 Å². The summed E-state index contributed by atoms with van der Waals surface area (Å²) in [5.74, 6) is 0.0133. The van der Waals surface area contributed by atoms with Gasteiger partial charge >= 0.3 is 6.09 Å². The molecule has 2 N–H and O–H groups in total. The van der Waals surface area contributed by atoms with Crippen LogP contribution in [-0.2, 0) is 4.74 Å². The van der Waals surface area contributed by atoms with Crippen LogP contribution in [-0.4, -0.2) is 24.4 Å². The second-order valence-corrected chi connectivity index (χ2v) is 7.21. The first-order chi connectivity index (χ1) is 13.6. The molecular weight excluding hydrogens is 374 g/mol. The van der Waals surface area contributed by atoms with Gasteiger partial charge in [-0.15, -0.1) is 0 Å². The number of hydrogen-bond acceptors (Lipinski definition) is 3. The van der Waals surface area contributed by atoms with Gasteiger partial charge in [-0.2, -0.15) is 0 Å². The molecule has 1 atom stereocenters. The highest BCUT2D eigenvalue weighted by Gasteiger charge is 2.29. The Morgan fingerprint density at radius 2 is 1.54 bits per heavy atom. The maximum absolute atomic E-state index is 12.1. The SMILES string of the molecule is O=C(NCC(O)c1ccc(Cl)cc1)OCC1c2ccccc2-c2ccccc21. The van der Waals surface area contributed by atoms with Gasteiger partial charge in [-0.1, -0.05) is 72.3 Å². The van der Waals surface area contributed by atoms with Crippen LogP contribution in [0.1, 0.15) is 28.7 Å². The average Bonchev–Trinajstić information content (AvgIpc) is 3.05. The third-order valence-electron chi connectivity index (χ3n) is 5.04. The second-order valence-electron chi connectivity index (χ2n) is 6.77. The van der Waals surface area contributed by atoms with Gasteiger partial charge in [-0.3, -0.25) is 0 Å². The quantitative estimate of drug-likeness (QED) is 0.647. The zero-order valence-corrected chi connectivity index (χ0v) is 15.9. The Morgan fingerprint density at radius 1 is 0.964 bits per heavy atom. The lowest BCUT2D eigenvalue weighted by Gasteiger charge is -2.16. The molecule has 28 heavy (non-hydrogen) atoms. The van der Waals surface area contributed by atoms with Crippen LogP contribution in [0.3, 0.4) is 0 Å². The van der Waals surface area contributed by atoms with Crippen LogP contribution in [0.4, 0.5) is 4.79 Å². The fourth-order valence-corrected chi connectivity index (χ4v) is 3.76. The number of rotatable bonds is 5. The van der Waals surface area contributed by atoms with Gasteiger partial charge in [0.25, 0.3) is 0 Å². The van der Waals surface area contributed by atoms with Crippen LogP contribution in [0.25, 0.3) is 11.1 Å². The Morgan fingerprint density at radius 3 is 2.14 bits per heavy atom. The average molecular weight is 394 g/mol. The number of aliphatic hydroxyl groups excluding tert-OH is 1. The van der Waals surface area contributed by atoms with Crippen LogP contribution in [0, 0.1) is 0 Å². The minimum Gasteiger partial charge on any atom is -0.449 e. The number of carbonyl (C=O) groups excluding carboxylic acids is 1. The molecule has 0 fully saturated rings. The Balaban J connectivity index is 1.37. The normalized spacial score (nSPS) is 13.5. The van der Waals surface area contributed by atoms with E-state index in [0.717, 1.165) is 11.1 Å². The Kier molecular flexibility index (Phi) is 5.33. The number of carbonyl (C=O) groups is 1. The fourth-order valence-electron chi connectivity index (χ4n) is 3.63. The zero-order valence-electron chi connectivity index (χ0n) is 15.1. The van der Waals surface area contributed by atoms with Crippen molar-refractivity contribution in [2.24, 2.45) is 0 Å². The van der Waals surface area contributed by atoms with Crippen LogP contribution in [0.15, 0.2) is 72.8 Å². The summed E-state index contributed by atoms with van der Waals surface area (Å²) >= 11 is 5.85. The van der Waals surface area contributed by atoms with E-state index in [1.54, 1.807) is 24.3 Å². The summed E-state index contributed by atoms with van der Waals surface area (Å²) < 4.78 is 5.46. The fraction of sp³-hybridized carbons (Fsp3) is 0.174. The molecule has 0 spiro atoms. The minimum atomic E-state index is -0.822. The smallest absolute Gasteiger partial charge is 0.407 e. The van der Waals surface area contributed by atoms with Gasteiger partial charge in [0.05, 0.1) is 12.6 Å². The predicted molar refractivity (Wildman–Crippen MR) is 109 cm³/mol. The molecule has 1 aliphatic carbocycles. The molecule has 1 unspecified atom stereocenters. The van der Waals surface area contributed by atoms with Gasteiger partial charge in [-0.05, 0) is 39.9 Å². The van der Waals surface area contributed by atoms with Gasteiger partial charge in [-0.25, -0.2) is 4.79 Å². The maximum atomic E-state index is 12.1. The van der Waals surface area contributed by atoms with E-state index < -0.39 is 12.2 Å². The molecule has 0 bridgehead atoms. The summed E-state index contributed by atoms with van der Waals surface area (Å²) in [5, 5.41) is 13.4. The van der Waals surface area contributed by atoms with Crippen LogP contribution in [0.2, 0.25) is 5.02 Å². The number of hydrogen-bond donors (Lipinski definition) is 2. The number of benzene rings is 3. The van der Waals surface area contributed by atoms with Gasteiger partial charge in [0.2, 0.25) is 0 Å². The standard InChI is InChI=1S/C23H20ClNO3/c24-16-11-9-15(10-12-16)22(26)13-25-23(27)28-14-21-19-7-3-1-5-17(19)18-6-2-4-8-20(18)21/h1-12,21-22,26H,13-14H2,(H,25,27). The molecule has 0 saturated carbocycles. The molecule has 4 nitrogen and oxygen atoms in total. The van der Waals surface area contributed by atoms with Crippen molar-refractivity contribution in [2.75, 3.05) is 13.2 Å². The van der Waals surface area contributed by atoms with Crippen molar-refractivity contribution < 1.29 is 14.6 Å². The number of aliphatic hydroxyl groups is 1. The lowest BCUT2D eigenvalue weighted by Crippen LogP contribution is -2.30. The summed E-state index contributed by atoms with van der Waals surface area (Å²) in [4.78, 5) is 12.1. The first-order valence-electron chi connectivity index (χ1n) is 9.16.